The first kappa shape index (κ1) is 17.3. The molecule has 25 heavy (non-hydrogen) atoms. The van der Waals surface area contributed by atoms with Crippen molar-refractivity contribution in [2.45, 2.75) is 78.7 Å². The van der Waals surface area contributed by atoms with Crippen molar-refractivity contribution in [3.63, 3.8) is 0 Å². The minimum absolute atomic E-state index is 0.0672. The third-order valence-electron chi connectivity index (χ3n) is 9.02. The van der Waals surface area contributed by atoms with Gasteiger partial charge in [-0.25, -0.2) is 0 Å². The molecule has 3 nitrogen and oxygen atoms in total. The molecule has 7 atom stereocenters. The van der Waals surface area contributed by atoms with E-state index in [9.17, 15) is 9.59 Å². The standard InChI is InChI=1S/C22H32O3/c1-14(23)25-19-9-8-16-15-13-22(4)18(24)7-5-6-11-21(22,3)17(15)10-12-20(16,19)2/h5,7,15-17,19H,6,8-13H2,1-4H3/t15-,16-,17-,19+,20+,21-,22+/m1/s1. The number of ether oxygens (including phenoxy) is 1. The van der Waals surface area contributed by atoms with Crippen LogP contribution in [0.25, 0.3) is 0 Å². The second kappa shape index (κ2) is 5.44. The summed E-state index contributed by atoms with van der Waals surface area (Å²) in [6.07, 6.45) is 11.6. The number of rotatable bonds is 1. The number of hydrogen-bond acceptors (Lipinski definition) is 3. The molecule has 0 aromatic carbocycles. The van der Waals surface area contributed by atoms with Crippen molar-refractivity contribution in [3.8, 4) is 0 Å². The Kier molecular flexibility index (Phi) is 3.76. The smallest absolute Gasteiger partial charge is 0.302 e. The van der Waals surface area contributed by atoms with Crippen LogP contribution in [0.2, 0.25) is 0 Å². The fraction of sp³-hybridized carbons (Fsp3) is 0.818. The van der Waals surface area contributed by atoms with Crippen LogP contribution in [0.1, 0.15) is 72.6 Å². The van der Waals surface area contributed by atoms with Crippen LogP contribution in [-0.4, -0.2) is 17.9 Å². The first-order valence-electron chi connectivity index (χ1n) is 10.1. The maximum absolute atomic E-state index is 13.0. The van der Waals surface area contributed by atoms with E-state index in [1.54, 1.807) is 0 Å². The van der Waals surface area contributed by atoms with Gasteiger partial charge in [0.25, 0.3) is 0 Å². The highest BCUT2D eigenvalue weighted by Crippen LogP contribution is 2.71. The van der Waals surface area contributed by atoms with Crippen molar-refractivity contribution in [2.24, 2.45) is 34.0 Å². The molecule has 0 heterocycles. The van der Waals surface area contributed by atoms with Gasteiger partial charge < -0.3 is 4.74 Å². The van der Waals surface area contributed by atoms with Gasteiger partial charge in [-0.15, -0.1) is 0 Å². The zero-order valence-electron chi connectivity index (χ0n) is 16.1. The molecule has 0 radical (unpaired) electrons. The lowest BCUT2D eigenvalue weighted by Crippen LogP contribution is -2.46. The van der Waals surface area contributed by atoms with Crippen LogP contribution in [0.15, 0.2) is 12.2 Å². The van der Waals surface area contributed by atoms with Crippen LogP contribution in [-0.2, 0) is 14.3 Å². The van der Waals surface area contributed by atoms with Crippen LogP contribution in [0, 0.1) is 34.0 Å². The van der Waals surface area contributed by atoms with Gasteiger partial charge in [-0.2, -0.15) is 0 Å². The summed E-state index contributed by atoms with van der Waals surface area (Å²) in [7, 11) is 0. The van der Waals surface area contributed by atoms with Crippen molar-refractivity contribution in [1.82, 2.24) is 0 Å². The molecule has 3 saturated carbocycles. The number of hydrogen-bond donors (Lipinski definition) is 0. The van der Waals surface area contributed by atoms with Gasteiger partial charge in [0.05, 0.1) is 0 Å². The normalized spacial score (nSPS) is 51.4. The molecule has 3 heteroatoms. The Morgan fingerprint density at radius 2 is 1.88 bits per heavy atom. The van der Waals surface area contributed by atoms with E-state index >= 15 is 0 Å². The molecule has 4 aliphatic carbocycles. The van der Waals surface area contributed by atoms with Gasteiger partial charge in [0.15, 0.2) is 5.78 Å². The molecular formula is C22H32O3. The summed E-state index contributed by atoms with van der Waals surface area (Å²) < 4.78 is 5.73. The highest BCUT2D eigenvalue weighted by molar-refractivity contribution is 5.96. The molecule has 0 aliphatic heterocycles. The predicted octanol–water partition coefficient (Wildman–Crippen LogP) is 4.70. The minimum atomic E-state index is -0.222. The Morgan fingerprint density at radius 3 is 2.60 bits per heavy atom. The van der Waals surface area contributed by atoms with Crippen molar-refractivity contribution >= 4 is 11.8 Å². The number of ketones is 1. The lowest BCUT2D eigenvalue weighted by molar-refractivity contribution is -0.155. The van der Waals surface area contributed by atoms with Gasteiger partial charge in [0.1, 0.15) is 6.10 Å². The summed E-state index contributed by atoms with van der Waals surface area (Å²) in [5, 5.41) is 0. The first-order valence-corrected chi connectivity index (χ1v) is 10.1. The Morgan fingerprint density at radius 1 is 1.12 bits per heavy atom. The Labute approximate surface area is 151 Å². The third kappa shape index (κ3) is 2.16. The molecule has 0 saturated heterocycles. The minimum Gasteiger partial charge on any atom is -0.462 e. The fourth-order valence-electron chi connectivity index (χ4n) is 7.42. The average molecular weight is 344 g/mol. The summed E-state index contributed by atoms with van der Waals surface area (Å²) in [5.74, 6) is 2.02. The van der Waals surface area contributed by atoms with E-state index in [1.807, 2.05) is 6.08 Å². The van der Waals surface area contributed by atoms with E-state index < -0.39 is 0 Å². The first-order chi connectivity index (χ1) is 11.7. The quantitative estimate of drug-likeness (QED) is 0.648. The zero-order chi connectivity index (χ0) is 18.0. The molecule has 0 N–H and O–H groups in total. The average Bonchev–Trinajstić information content (AvgIpc) is 2.94. The highest BCUT2D eigenvalue weighted by atomic mass is 16.5. The van der Waals surface area contributed by atoms with Gasteiger partial charge in [-0.1, -0.05) is 26.8 Å². The molecule has 0 bridgehead atoms. The van der Waals surface area contributed by atoms with Crippen LogP contribution in [0.5, 0.6) is 0 Å². The van der Waals surface area contributed by atoms with E-state index in [0.717, 1.165) is 38.5 Å². The summed E-state index contributed by atoms with van der Waals surface area (Å²) in [4.78, 5) is 24.5. The maximum Gasteiger partial charge on any atom is 0.302 e. The van der Waals surface area contributed by atoms with E-state index in [-0.39, 0.29) is 28.3 Å². The van der Waals surface area contributed by atoms with Gasteiger partial charge in [0, 0.05) is 17.8 Å². The summed E-state index contributed by atoms with van der Waals surface area (Å²) in [5.41, 5.74) is -0.0127. The Bertz CT molecular complexity index is 637. The molecule has 3 fully saturated rings. The van der Waals surface area contributed by atoms with Crippen LogP contribution in [0.4, 0.5) is 0 Å². The van der Waals surface area contributed by atoms with E-state index in [0.29, 0.717) is 23.5 Å². The molecule has 0 spiro atoms. The van der Waals surface area contributed by atoms with Crippen molar-refractivity contribution < 1.29 is 14.3 Å². The number of esters is 1. The number of fused-ring (bicyclic) bond motifs is 5. The largest absolute Gasteiger partial charge is 0.462 e. The van der Waals surface area contributed by atoms with Gasteiger partial charge in [-0.05, 0) is 74.2 Å². The molecule has 0 unspecified atom stereocenters. The second-order valence-electron chi connectivity index (χ2n) is 9.86. The second-order valence-corrected chi connectivity index (χ2v) is 9.86. The predicted molar refractivity (Wildman–Crippen MR) is 96.8 cm³/mol. The highest BCUT2D eigenvalue weighted by Gasteiger charge is 2.67. The topological polar surface area (TPSA) is 43.4 Å². The summed E-state index contributed by atoms with van der Waals surface area (Å²) in [6, 6.07) is 0. The van der Waals surface area contributed by atoms with Crippen LogP contribution < -0.4 is 0 Å². The van der Waals surface area contributed by atoms with Crippen molar-refractivity contribution in [2.75, 3.05) is 0 Å². The van der Waals surface area contributed by atoms with E-state index in [2.05, 4.69) is 26.8 Å². The van der Waals surface area contributed by atoms with Gasteiger partial charge in [-0.3, -0.25) is 9.59 Å². The number of carbonyl (C=O) groups excluding carboxylic acids is 2. The number of carbonyl (C=O) groups is 2. The third-order valence-corrected chi connectivity index (χ3v) is 9.02. The number of allylic oxidation sites excluding steroid dienone is 2. The molecule has 0 amide bonds. The van der Waals surface area contributed by atoms with Crippen LogP contribution in [0.3, 0.4) is 0 Å². The molecule has 138 valence electrons. The lowest BCUT2D eigenvalue weighted by atomic mass is 9.55. The fourth-order valence-corrected chi connectivity index (χ4v) is 7.42. The van der Waals surface area contributed by atoms with E-state index in [4.69, 9.17) is 4.74 Å². The zero-order valence-corrected chi connectivity index (χ0v) is 16.1. The molecule has 4 aliphatic rings. The lowest BCUT2D eigenvalue weighted by Gasteiger charge is -2.50. The van der Waals surface area contributed by atoms with E-state index in [1.165, 1.54) is 13.3 Å². The monoisotopic (exact) mass is 344 g/mol. The SMILES string of the molecule is CC(=O)O[C@H]1CC[C@@H]2[C@H]3C[C@@]4(C)C(=O)C=CCC[C@]4(C)[C@@H]3CC[C@]12C. The van der Waals surface area contributed by atoms with Gasteiger partial charge >= 0.3 is 5.97 Å². The van der Waals surface area contributed by atoms with Crippen molar-refractivity contribution in [3.05, 3.63) is 12.2 Å². The summed E-state index contributed by atoms with van der Waals surface area (Å²) in [6.45, 7) is 8.50. The molecule has 4 rings (SSSR count). The van der Waals surface area contributed by atoms with Crippen LogP contribution >= 0.6 is 0 Å². The Hall–Kier alpha value is -1.12. The van der Waals surface area contributed by atoms with Crippen molar-refractivity contribution in [1.29, 1.82) is 0 Å². The Balaban J connectivity index is 1.68. The summed E-state index contributed by atoms with van der Waals surface area (Å²) >= 11 is 0. The molecular weight excluding hydrogens is 312 g/mol. The van der Waals surface area contributed by atoms with Gasteiger partial charge in [0.2, 0.25) is 0 Å². The molecule has 0 aromatic rings. The molecule has 0 aromatic heterocycles. The maximum atomic E-state index is 13.0.